The lowest BCUT2D eigenvalue weighted by Gasteiger charge is -2.10. The van der Waals surface area contributed by atoms with Gasteiger partial charge in [0.15, 0.2) is 5.82 Å². The maximum absolute atomic E-state index is 15.0. The van der Waals surface area contributed by atoms with E-state index in [-0.39, 0.29) is 12.2 Å². The third kappa shape index (κ3) is 3.06. The first kappa shape index (κ1) is 16.9. The van der Waals surface area contributed by atoms with E-state index in [9.17, 15) is 4.79 Å². The maximum atomic E-state index is 15.0. The zero-order chi connectivity index (χ0) is 19.0. The molecule has 0 radical (unpaired) electrons. The molecule has 134 valence electrons. The molecule has 4 aromatic rings. The molecule has 2 aromatic carbocycles. The number of nitrogens with zero attached hydrogens (tertiary/aromatic N) is 2. The summed E-state index contributed by atoms with van der Waals surface area (Å²) in [5, 5.41) is 1.66. The number of benzene rings is 2. The third-order valence-electron chi connectivity index (χ3n) is 4.57. The van der Waals surface area contributed by atoms with Crippen LogP contribution in [-0.4, -0.2) is 20.9 Å². The number of aromatic nitrogens is 3. The Labute approximate surface area is 154 Å². The number of nitrogens with two attached hydrogens (primary N) is 1. The lowest BCUT2D eigenvalue weighted by atomic mass is 9.96. The number of amides is 1. The molecule has 6 heteroatoms. The van der Waals surface area contributed by atoms with E-state index < -0.39 is 5.91 Å². The number of rotatable bonds is 5. The van der Waals surface area contributed by atoms with Crippen LogP contribution >= 0.6 is 0 Å². The molecule has 4 rings (SSSR count). The van der Waals surface area contributed by atoms with Crippen molar-refractivity contribution in [2.75, 3.05) is 0 Å². The summed E-state index contributed by atoms with van der Waals surface area (Å²) in [6.45, 7) is 3.63. The quantitative estimate of drug-likeness (QED) is 0.571. The van der Waals surface area contributed by atoms with Gasteiger partial charge in [0.2, 0.25) is 5.91 Å². The molecule has 1 amide bonds. The molecule has 0 spiro atoms. The van der Waals surface area contributed by atoms with Crippen molar-refractivity contribution in [2.24, 2.45) is 5.73 Å². The van der Waals surface area contributed by atoms with Gasteiger partial charge in [-0.25, -0.2) is 14.4 Å². The van der Waals surface area contributed by atoms with E-state index in [0.717, 1.165) is 27.4 Å². The fraction of sp³-hybridized carbons (Fsp3) is 0.0952. The number of carbonyl (C=O) groups excluding carboxylic acids is 1. The van der Waals surface area contributed by atoms with Gasteiger partial charge in [-0.05, 0) is 29.3 Å². The van der Waals surface area contributed by atoms with Gasteiger partial charge >= 0.3 is 0 Å². The first-order valence-electron chi connectivity index (χ1n) is 8.49. The monoisotopic (exact) mass is 360 g/mol. The lowest BCUT2D eigenvalue weighted by Crippen LogP contribution is -2.14. The summed E-state index contributed by atoms with van der Waals surface area (Å²) < 4.78 is 15.0. The summed E-state index contributed by atoms with van der Waals surface area (Å²) in [6.07, 6.45) is 5.19. The molecule has 0 aliphatic heterocycles. The van der Waals surface area contributed by atoms with Crippen LogP contribution < -0.4 is 5.73 Å². The molecule has 0 aliphatic rings. The standard InChI is InChI=1S/C21H17FN4O/c1-2-19-24-10-12(11-25-19)7-15-16(22)8-13(9-18(23)27)21-20(15)14-5-3-4-6-17(14)26-21/h2-6,8,10-11,26H,1,7,9H2,(H2,23,27). The molecule has 0 atom stereocenters. The molecule has 2 aromatic heterocycles. The van der Waals surface area contributed by atoms with Gasteiger partial charge in [-0.15, -0.1) is 0 Å². The molecule has 2 heterocycles. The Kier molecular flexibility index (Phi) is 4.16. The predicted molar refractivity (Wildman–Crippen MR) is 104 cm³/mol. The number of para-hydroxylation sites is 1. The molecule has 3 N–H and O–H groups in total. The minimum Gasteiger partial charge on any atom is -0.369 e. The number of nitrogens with one attached hydrogen (secondary N) is 1. The Balaban J connectivity index is 1.94. The summed E-state index contributed by atoms with van der Waals surface area (Å²) >= 11 is 0. The van der Waals surface area contributed by atoms with Crippen molar-refractivity contribution >= 4 is 33.8 Å². The summed E-state index contributed by atoms with van der Waals surface area (Å²) in [5.41, 5.74) is 8.83. The summed E-state index contributed by atoms with van der Waals surface area (Å²) in [6, 6.07) is 9.05. The highest BCUT2D eigenvalue weighted by Crippen LogP contribution is 2.34. The van der Waals surface area contributed by atoms with Crippen LogP contribution in [0.25, 0.3) is 27.9 Å². The van der Waals surface area contributed by atoms with Crippen LogP contribution in [0.2, 0.25) is 0 Å². The van der Waals surface area contributed by atoms with Crippen molar-refractivity contribution in [3.63, 3.8) is 0 Å². The highest BCUT2D eigenvalue weighted by molar-refractivity contribution is 6.10. The Bertz CT molecular complexity index is 1180. The summed E-state index contributed by atoms with van der Waals surface area (Å²) in [7, 11) is 0. The number of fused-ring (bicyclic) bond motifs is 3. The van der Waals surface area contributed by atoms with Crippen LogP contribution in [0.15, 0.2) is 49.3 Å². The minimum atomic E-state index is -0.504. The van der Waals surface area contributed by atoms with E-state index in [1.165, 1.54) is 6.07 Å². The molecule has 5 nitrogen and oxygen atoms in total. The van der Waals surface area contributed by atoms with Gasteiger partial charge in [-0.2, -0.15) is 0 Å². The van der Waals surface area contributed by atoms with Gasteiger partial charge in [-0.3, -0.25) is 4.79 Å². The first-order valence-corrected chi connectivity index (χ1v) is 8.49. The molecule has 0 unspecified atom stereocenters. The topological polar surface area (TPSA) is 84.7 Å². The van der Waals surface area contributed by atoms with Crippen molar-refractivity contribution < 1.29 is 9.18 Å². The molecule has 0 aliphatic carbocycles. The van der Waals surface area contributed by atoms with Crippen LogP contribution in [0, 0.1) is 5.82 Å². The number of H-pyrrole nitrogens is 1. The molecule has 27 heavy (non-hydrogen) atoms. The highest BCUT2D eigenvalue weighted by atomic mass is 19.1. The largest absolute Gasteiger partial charge is 0.369 e. The van der Waals surface area contributed by atoms with Gasteiger partial charge in [0, 0.05) is 40.7 Å². The van der Waals surface area contributed by atoms with Crippen LogP contribution in [0.5, 0.6) is 0 Å². The zero-order valence-corrected chi connectivity index (χ0v) is 14.5. The lowest BCUT2D eigenvalue weighted by molar-refractivity contribution is -0.117. The molecular weight excluding hydrogens is 343 g/mol. The van der Waals surface area contributed by atoms with E-state index in [2.05, 4.69) is 21.5 Å². The molecule has 0 saturated carbocycles. The number of hydrogen-bond donors (Lipinski definition) is 2. The van der Waals surface area contributed by atoms with Gasteiger partial charge in [0.25, 0.3) is 0 Å². The fourth-order valence-corrected chi connectivity index (χ4v) is 3.39. The second kappa shape index (κ2) is 6.64. The molecule has 0 fully saturated rings. The Hall–Kier alpha value is -3.54. The Morgan fingerprint density at radius 2 is 2.00 bits per heavy atom. The van der Waals surface area contributed by atoms with Gasteiger partial charge in [0.05, 0.1) is 11.9 Å². The minimum absolute atomic E-state index is 0.0301. The van der Waals surface area contributed by atoms with Crippen LogP contribution in [0.1, 0.15) is 22.5 Å². The highest BCUT2D eigenvalue weighted by Gasteiger charge is 2.18. The summed E-state index contributed by atoms with van der Waals surface area (Å²) in [4.78, 5) is 23.1. The van der Waals surface area contributed by atoms with E-state index in [0.29, 0.717) is 23.4 Å². The molecule has 0 bridgehead atoms. The van der Waals surface area contributed by atoms with Crippen molar-refractivity contribution in [2.45, 2.75) is 12.8 Å². The number of primary amides is 1. The molecule has 0 saturated heterocycles. The van der Waals surface area contributed by atoms with E-state index in [1.807, 2.05) is 24.3 Å². The fourth-order valence-electron chi connectivity index (χ4n) is 3.39. The smallest absolute Gasteiger partial charge is 0.221 e. The Morgan fingerprint density at radius 3 is 2.70 bits per heavy atom. The van der Waals surface area contributed by atoms with Gasteiger partial charge in [-0.1, -0.05) is 24.8 Å². The second-order valence-electron chi connectivity index (χ2n) is 6.39. The first-order chi connectivity index (χ1) is 13.1. The second-order valence-corrected chi connectivity index (χ2v) is 6.39. The van der Waals surface area contributed by atoms with Crippen molar-refractivity contribution in [1.82, 2.24) is 15.0 Å². The average molecular weight is 360 g/mol. The average Bonchev–Trinajstić information content (AvgIpc) is 3.05. The number of hydrogen-bond acceptors (Lipinski definition) is 3. The van der Waals surface area contributed by atoms with Crippen molar-refractivity contribution in [3.05, 3.63) is 77.6 Å². The van der Waals surface area contributed by atoms with E-state index in [4.69, 9.17) is 5.73 Å². The maximum Gasteiger partial charge on any atom is 0.221 e. The van der Waals surface area contributed by atoms with E-state index in [1.54, 1.807) is 18.5 Å². The van der Waals surface area contributed by atoms with Crippen LogP contribution in [0.4, 0.5) is 4.39 Å². The number of halogens is 1. The Morgan fingerprint density at radius 1 is 1.26 bits per heavy atom. The SMILES string of the molecule is C=Cc1ncc(Cc2c(F)cc(CC(N)=O)c3[nH]c4ccccc4c23)cn1. The van der Waals surface area contributed by atoms with Crippen LogP contribution in [-0.2, 0) is 17.6 Å². The third-order valence-corrected chi connectivity index (χ3v) is 4.57. The number of carbonyl (C=O) groups is 1. The van der Waals surface area contributed by atoms with Gasteiger partial charge in [0.1, 0.15) is 5.82 Å². The predicted octanol–water partition coefficient (Wildman–Crippen LogP) is 3.51. The molecular formula is C21H17FN4O. The van der Waals surface area contributed by atoms with E-state index >= 15 is 4.39 Å². The van der Waals surface area contributed by atoms with Crippen molar-refractivity contribution in [3.8, 4) is 0 Å². The van der Waals surface area contributed by atoms with Crippen LogP contribution in [0.3, 0.4) is 0 Å². The normalized spacial score (nSPS) is 11.1. The van der Waals surface area contributed by atoms with Gasteiger partial charge < -0.3 is 10.7 Å². The summed E-state index contributed by atoms with van der Waals surface area (Å²) in [5.74, 6) is -0.361. The van der Waals surface area contributed by atoms with Crippen molar-refractivity contribution in [1.29, 1.82) is 0 Å². The zero-order valence-electron chi connectivity index (χ0n) is 14.5. The number of aromatic amines is 1.